The van der Waals surface area contributed by atoms with Crippen LogP contribution in [0.1, 0.15) is 5.56 Å². The van der Waals surface area contributed by atoms with Crippen LogP contribution in [-0.2, 0) is 6.54 Å². The fourth-order valence-electron chi connectivity index (χ4n) is 1.32. The molecule has 0 fully saturated rings. The number of benzene rings is 1. The number of imidazole rings is 1. The predicted octanol–water partition coefficient (Wildman–Crippen LogP) is 2.93. The fourth-order valence-corrected chi connectivity index (χ4v) is 1.91. The maximum absolute atomic E-state index is 6.07. The molecule has 0 spiro atoms. The largest absolute Gasteiger partial charge is 0.369 e. The van der Waals surface area contributed by atoms with Crippen molar-refractivity contribution in [3.8, 4) is 0 Å². The second-order valence-corrected chi connectivity index (χ2v) is 4.47. The Hall–Kier alpha value is -1.000. The van der Waals surface area contributed by atoms with Crippen molar-refractivity contribution in [2.45, 2.75) is 6.54 Å². The van der Waals surface area contributed by atoms with Gasteiger partial charge in [-0.05, 0) is 23.8 Å². The van der Waals surface area contributed by atoms with Gasteiger partial charge >= 0.3 is 0 Å². The van der Waals surface area contributed by atoms with E-state index in [2.05, 4.69) is 20.9 Å². The number of nitrogen functional groups attached to an aromatic ring is 1. The Morgan fingerprint density at radius 2 is 2.27 bits per heavy atom. The number of halogens is 2. The third-order valence-corrected chi connectivity index (χ3v) is 2.96. The Labute approximate surface area is 101 Å². The molecule has 3 nitrogen and oxygen atoms in total. The molecule has 0 aliphatic rings. The molecule has 0 saturated heterocycles. The lowest BCUT2D eigenvalue weighted by Crippen LogP contribution is -2.04. The van der Waals surface area contributed by atoms with Crippen molar-refractivity contribution in [3.05, 3.63) is 45.7 Å². The predicted molar refractivity (Wildman–Crippen MR) is 64.9 cm³/mol. The number of hydrogen-bond acceptors (Lipinski definition) is 2. The molecule has 0 aliphatic carbocycles. The van der Waals surface area contributed by atoms with Crippen LogP contribution in [-0.4, -0.2) is 9.55 Å². The van der Waals surface area contributed by atoms with Gasteiger partial charge in [0, 0.05) is 21.9 Å². The first kappa shape index (κ1) is 10.5. The van der Waals surface area contributed by atoms with E-state index in [-0.39, 0.29) is 0 Å². The van der Waals surface area contributed by atoms with E-state index in [1.54, 1.807) is 6.20 Å². The molecule has 1 heterocycles. The highest BCUT2D eigenvalue weighted by molar-refractivity contribution is 9.10. The van der Waals surface area contributed by atoms with E-state index < -0.39 is 0 Å². The van der Waals surface area contributed by atoms with Gasteiger partial charge in [0.05, 0.1) is 6.54 Å². The second-order valence-electron chi connectivity index (χ2n) is 3.15. The summed E-state index contributed by atoms with van der Waals surface area (Å²) < 4.78 is 2.84. The van der Waals surface area contributed by atoms with Crippen molar-refractivity contribution >= 4 is 33.5 Å². The van der Waals surface area contributed by atoms with Crippen LogP contribution in [0.15, 0.2) is 35.1 Å². The summed E-state index contributed by atoms with van der Waals surface area (Å²) >= 11 is 9.47. The van der Waals surface area contributed by atoms with Gasteiger partial charge in [-0.2, -0.15) is 0 Å². The van der Waals surface area contributed by atoms with Crippen molar-refractivity contribution in [1.82, 2.24) is 9.55 Å². The fraction of sp³-hybridized carbons (Fsp3) is 0.100. The van der Waals surface area contributed by atoms with Crippen LogP contribution >= 0.6 is 27.5 Å². The Balaban J connectivity index is 2.32. The van der Waals surface area contributed by atoms with Crippen LogP contribution in [0.3, 0.4) is 0 Å². The third kappa shape index (κ3) is 2.33. The van der Waals surface area contributed by atoms with E-state index in [1.165, 1.54) is 0 Å². The van der Waals surface area contributed by atoms with E-state index in [9.17, 15) is 0 Å². The minimum absolute atomic E-state index is 0.492. The molecule has 1 aromatic heterocycles. The maximum atomic E-state index is 6.07. The van der Waals surface area contributed by atoms with Gasteiger partial charge in [-0.25, -0.2) is 4.98 Å². The molecule has 0 bridgehead atoms. The number of hydrogen-bond donors (Lipinski definition) is 1. The SMILES string of the molecule is Nc1nccn1Cc1cc(Br)ccc1Cl. The third-order valence-electron chi connectivity index (χ3n) is 2.10. The first-order valence-electron chi connectivity index (χ1n) is 4.37. The number of nitrogens with two attached hydrogens (primary N) is 1. The van der Waals surface area contributed by atoms with Crippen molar-refractivity contribution in [2.75, 3.05) is 5.73 Å². The highest BCUT2D eigenvalue weighted by Crippen LogP contribution is 2.22. The molecule has 78 valence electrons. The van der Waals surface area contributed by atoms with Gasteiger partial charge in [0.15, 0.2) is 5.95 Å². The van der Waals surface area contributed by atoms with Gasteiger partial charge < -0.3 is 10.3 Å². The standard InChI is InChI=1S/C10H9BrClN3/c11-8-1-2-9(12)7(5-8)6-15-4-3-14-10(15)13/h1-5H,6H2,(H2,13,14). The minimum atomic E-state index is 0.492. The van der Waals surface area contributed by atoms with Gasteiger partial charge in [-0.15, -0.1) is 0 Å². The Kier molecular flexibility index (Phi) is 2.98. The monoisotopic (exact) mass is 285 g/mol. The van der Waals surface area contributed by atoms with Gasteiger partial charge in [-0.1, -0.05) is 27.5 Å². The Morgan fingerprint density at radius 1 is 1.47 bits per heavy atom. The Bertz CT molecular complexity index is 481. The van der Waals surface area contributed by atoms with Crippen LogP contribution in [0.5, 0.6) is 0 Å². The van der Waals surface area contributed by atoms with Crippen molar-refractivity contribution in [3.63, 3.8) is 0 Å². The quantitative estimate of drug-likeness (QED) is 0.922. The van der Waals surface area contributed by atoms with Crippen molar-refractivity contribution < 1.29 is 0 Å². The molecule has 0 unspecified atom stereocenters. The van der Waals surface area contributed by atoms with Gasteiger partial charge in [0.2, 0.25) is 0 Å². The molecule has 0 aliphatic heterocycles. The van der Waals surface area contributed by atoms with Crippen molar-refractivity contribution in [2.24, 2.45) is 0 Å². The second kappa shape index (κ2) is 4.24. The topological polar surface area (TPSA) is 43.8 Å². The Morgan fingerprint density at radius 3 is 2.93 bits per heavy atom. The number of anilines is 1. The van der Waals surface area contributed by atoms with Crippen LogP contribution in [0.2, 0.25) is 5.02 Å². The minimum Gasteiger partial charge on any atom is -0.369 e. The number of nitrogens with zero attached hydrogens (tertiary/aromatic N) is 2. The summed E-state index contributed by atoms with van der Waals surface area (Å²) in [5.74, 6) is 0.492. The van der Waals surface area contributed by atoms with Gasteiger partial charge in [0.25, 0.3) is 0 Å². The molecule has 0 atom stereocenters. The smallest absolute Gasteiger partial charge is 0.200 e. The van der Waals surface area contributed by atoms with E-state index >= 15 is 0 Å². The molecule has 15 heavy (non-hydrogen) atoms. The molecule has 2 N–H and O–H groups in total. The summed E-state index contributed by atoms with van der Waals surface area (Å²) in [4.78, 5) is 3.95. The van der Waals surface area contributed by atoms with Gasteiger partial charge in [0.1, 0.15) is 0 Å². The van der Waals surface area contributed by atoms with Crippen molar-refractivity contribution in [1.29, 1.82) is 0 Å². The molecule has 2 rings (SSSR count). The first-order valence-corrected chi connectivity index (χ1v) is 5.54. The number of rotatable bonds is 2. The van der Waals surface area contributed by atoms with Crippen LogP contribution in [0.25, 0.3) is 0 Å². The lowest BCUT2D eigenvalue weighted by Gasteiger charge is -2.07. The maximum Gasteiger partial charge on any atom is 0.200 e. The van der Waals surface area contributed by atoms with E-state index in [4.69, 9.17) is 17.3 Å². The average Bonchev–Trinajstić information content (AvgIpc) is 2.58. The van der Waals surface area contributed by atoms with E-state index in [0.717, 1.165) is 15.1 Å². The zero-order valence-electron chi connectivity index (χ0n) is 7.82. The molecular weight excluding hydrogens is 277 g/mol. The molecule has 0 radical (unpaired) electrons. The van der Waals surface area contributed by atoms with Crippen LogP contribution in [0, 0.1) is 0 Å². The normalized spacial score (nSPS) is 10.5. The first-order chi connectivity index (χ1) is 7.16. The average molecular weight is 287 g/mol. The van der Waals surface area contributed by atoms with Gasteiger partial charge in [-0.3, -0.25) is 0 Å². The molecular formula is C10H9BrClN3. The zero-order chi connectivity index (χ0) is 10.8. The molecule has 1 aromatic carbocycles. The van der Waals surface area contributed by atoms with E-state index in [0.29, 0.717) is 12.5 Å². The van der Waals surface area contributed by atoms with Crippen LogP contribution in [0.4, 0.5) is 5.95 Å². The summed E-state index contributed by atoms with van der Waals surface area (Å²) in [6.45, 7) is 0.629. The summed E-state index contributed by atoms with van der Waals surface area (Å²) in [6, 6.07) is 5.74. The van der Waals surface area contributed by atoms with E-state index in [1.807, 2.05) is 29.0 Å². The number of aromatic nitrogens is 2. The molecule has 0 saturated carbocycles. The lowest BCUT2D eigenvalue weighted by molar-refractivity contribution is 0.810. The highest BCUT2D eigenvalue weighted by atomic mass is 79.9. The summed E-state index contributed by atoms with van der Waals surface area (Å²) in [7, 11) is 0. The molecule has 0 amide bonds. The van der Waals surface area contributed by atoms with Crippen LogP contribution < -0.4 is 5.73 Å². The summed E-state index contributed by atoms with van der Waals surface area (Å²) in [5, 5.41) is 0.728. The summed E-state index contributed by atoms with van der Waals surface area (Å²) in [6.07, 6.45) is 3.49. The zero-order valence-corrected chi connectivity index (χ0v) is 10.2. The molecule has 5 heteroatoms. The lowest BCUT2D eigenvalue weighted by atomic mass is 10.2. The summed E-state index contributed by atoms with van der Waals surface area (Å²) in [5.41, 5.74) is 6.68. The highest BCUT2D eigenvalue weighted by Gasteiger charge is 2.04. The molecule has 2 aromatic rings.